The van der Waals surface area contributed by atoms with Crippen molar-refractivity contribution >= 4 is 17.0 Å². The summed E-state index contributed by atoms with van der Waals surface area (Å²) in [4.78, 5) is 18.3. The van der Waals surface area contributed by atoms with E-state index in [0.717, 1.165) is 12.8 Å². The van der Waals surface area contributed by atoms with Gasteiger partial charge in [-0.1, -0.05) is 0 Å². The number of aromatic amines is 2. The molecule has 3 rings (SSSR count). The van der Waals surface area contributed by atoms with Gasteiger partial charge in [-0.25, -0.2) is 0 Å². The SMILES string of the molecule is O=c1[nH]c(NC2CC2)nc2[nH]ncc12. The minimum absolute atomic E-state index is 0.160. The summed E-state index contributed by atoms with van der Waals surface area (Å²) in [6, 6.07) is 0.471. The number of nitrogens with one attached hydrogen (secondary N) is 3. The smallest absolute Gasteiger partial charge is 0.263 e. The van der Waals surface area contributed by atoms with E-state index in [1.54, 1.807) is 0 Å². The molecule has 0 atom stereocenters. The molecule has 0 saturated heterocycles. The van der Waals surface area contributed by atoms with Crippen molar-refractivity contribution in [2.24, 2.45) is 0 Å². The zero-order chi connectivity index (χ0) is 9.54. The highest BCUT2D eigenvalue weighted by Gasteiger charge is 2.22. The first-order valence-electron chi connectivity index (χ1n) is 4.53. The second-order valence-electron chi connectivity index (χ2n) is 3.47. The van der Waals surface area contributed by atoms with Crippen molar-refractivity contribution in [1.82, 2.24) is 20.2 Å². The molecule has 0 aromatic carbocycles. The highest BCUT2D eigenvalue weighted by atomic mass is 16.1. The summed E-state index contributed by atoms with van der Waals surface area (Å²) in [7, 11) is 0. The molecule has 1 fully saturated rings. The van der Waals surface area contributed by atoms with Gasteiger partial charge in [0.2, 0.25) is 5.95 Å². The molecule has 1 aliphatic rings. The van der Waals surface area contributed by atoms with Crippen molar-refractivity contribution in [1.29, 1.82) is 0 Å². The normalized spacial score (nSPS) is 16.0. The molecule has 2 aromatic rings. The van der Waals surface area contributed by atoms with Crippen LogP contribution >= 0.6 is 0 Å². The first kappa shape index (κ1) is 7.54. The maximum atomic E-state index is 11.5. The van der Waals surface area contributed by atoms with Crippen molar-refractivity contribution in [3.63, 3.8) is 0 Å². The summed E-state index contributed by atoms with van der Waals surface area (Å²) < 4.78 is 0. The van der Waals surface area contributed by atoms with Gasteiger partial charge in [0.15, 0.2) is 5.65 Å². The quantitative estimate of drug-likeness (QED) is 0.633. The van der Waals surface area contributed by atoms with Crippen molar-refractivity contribution in [2.75, 3.05) is 5.32 Å². The number of fused-ring (bicyclic) bond motifs is 1. The van der Waals surface area contributed by atoms with Crippen molar-refractivity contribution < 1.29 is 0 Å². The molecule has 0 bridgehead atoms. The van der Waals surface area contributed by atoms with E-state index in [1.165, 1.54) is 6.20 Å². The maximum Gasteiger partial charge on any atom is 0.263 e. The fourth-order valence-electron chi connectivity index (χ4n) is 1.33. The summed E-state index contributed by atoms with van der Waals surface area (Å²) in [5.41, 5.74) is 0.365. The van der Waals surface area contributed by atoms with E-state index < -0.39 is 0 Å². The van der Waals surface area contributed by atoms with E-state index in [0.29, 0.717) is 23.0 Å². The van der Waals surface area contributed by atoms with Crippen LogP contribution in [0.25, 0.3) is 11.0 Å². The lowest BCUT2D eigenvalue weighted by Gasteiger charge is -2.01. The molecule has 0 radical (unpaired) electrons. The largest absolute Gasteiger partial charge is 0.353 e. The lowest BCUT2D eigenvalue weighted by Crippen LogP contribution is -2.13. The molecule has 6 nitrogen and oxygen atoms in total. The molecule has 2 aromatic heterocycles. The Morgan fingerprint density at radius 2 is 2.36 bits per heavy atom. The van der Waals surface area contributed by atoms with Crippen LogP contribution in [-0.4, -0.2) is 26.2 Å². The molecule has 2 heterocycles. The molecule has 0 amide bonds. The molecule has 1 saturated carbocycles. The zero-order valence-corrected chi connectivity index (χ0v) is 7.37. The van der Waals surface area contributed by atoms with Gasteiger partial charge in [-0.3, -0.25) is 14.9 Å². The molecule has 0 aliphatic heterocycles. The predicted octanol–water partition coefficient (Wildman–Crippen LogP) is 0.220. The third kappa shape index (κ3) is 1.15. The average molecular weight is 191 g/mol. The summed E-state index contributed by atoms with van der Waals surface area (Å²) in [5.74, 6) is 0.522. The molecule has 0 unspecified atom stereocenters. The van der Waals surface area contributed by atoms with Gasteiger partial charge >= 0.3 is 0 Å². The first-order chi connectivity index (χ1) is 6.83. The van der Waals surface area contributed by atoms with Crippen LogP contribution in [0.15, 0.2) is 11.0 Å². The fourth-order valence-corrected chi connectivity index (χ4v) is 1.33. The summed E-state index contributed by atoms with van der Waals surface area (Å²) in [6.07, 6.45) is 3.76. The number of hydrogen-bond acceptors (Lipinski definition) is 4. The van der Waals surface area contributed by atoms with Gasteiger partial charge in [0.25, 0.3) is 5.56 Å². The molecule has 3 N–H and O–H groups in total. The van der Waals surface area contributed by atoms with Crippen LogP contribution in [0.3, 0.4) is 0 Å². The summed E-state index contributed by atoms with van der Waals surface area (Å²) in [6.45, 7) is 0. The van der Waals surface area contributed by atoms with Crippen LogP contribution in [-0.2, 0) is 0 Å². The highest BCUT2D eigenvalue weighted by Crippen LogP contribution is 2.22. The minimum Gasteiger partial charge on any atom is -0.353 e. The number of H-pyrrole nitrogens is 2. The van der Waals surface area contributed by atoms with E-state index in [9.17, 15) is 4.79 Å². The lowest BCUT2D eigenvalue weighted by atomic mass is 10.4. The second-order valence-corrected chi connectivity index (χ2v) is 3.47. The minimum atomic E-state index is -0.160. The zero-order valence-electron chi connectivity index (χ0n) is 7.37. The lowest BCUT2D eigenvalue weighted by molar-refractivity contribution is 1.04. The van der Waals surface area contributed by atoms with Gasteiger partial charge in [0.05, 0.1) is 6.20 Å². The highest BCUT2D eigenvalue weighted by molar-refractivity contribution is 5.73. The van der Waals surface area contributed by atoms with Gasteiger partial charge in [-0.15, -0.1) is 0 Å². The molecular weight excluding hydrogens is 182 g/mol. The third-order valence-electron chi connectivity index (χ3n) is 2.24. The summed E-state index contributed by atoms with van der Waals surface area (Å²) >= 11 is 0. The average Bonchev–Trinajstić information content (AvgIpc) is 2.82. The van der Waals surface area contributed by atoms with Crippen LogP contribution in [0.1, 0.15) is 12.8 Å². The fraction of sp³-hybridized carbons (Fsp3) is 0.375. The third-order valence-corrected chi connectivity index (χ3v) is 2.24. The Hall–Kier alpha value is -1.85. The Bertz CT molecular complexity index is 524. The Balaban J connectivity index is 2.11. The summed E-state index contributed by atoms with van der Waals surface area (Å²) in [5, 5.41) is 10.1. The topological polar surface area (TPSA) is 86.5 Å². The van der Waals surface area contributed by atoms with Gasteiger partial charge in [0, 0.05) is 6.04 Å². The molecule has 6 heteroatoms. The van der Waals surface area contributed by atoms with E-state index in [-0.39, 0.29) is 5.56 Å². The van der Waals surface area contributed by atoms with Gasteiger partial charge in [-0.2, -0.15) is 10.1 Å². The molecule has 14 heavy (non-hydrogen) atoms. The van der Waals surface area contributed by atoms with E-state index in [4.69, 9.17) is 0 Å². The molecule has 1 aliphatic carbocycles. The molecule has 72 valence electrons. The monoisotopic (exact) mass is 191 g/mol. The number of nitrogens with zero attached hydrogens (tertiary/aromatic N) is 2. The standard InChI is InChI=1S/C8H9N5O/c14-7-5-3-9-13-6(5)11-8(12-7)10-4-1-2-4/h3-4H,1-2H2,(H3,9,10,11,12,13,14). The van der Waals surface area contributed by atoms with Crippen LogP contribution in [0, 0.1) is 0 Å². The van der Waals surface area contributed by atoms with Crippen LogP contribution in [0.2, 0.25) is 0 Å². The Morgan fingerprint density at radius 3 is 3.14 bits per heavy atom. The number of aromatic nitrogens is 4. The number of anilines is 1. The number of hydrogen-bond donors (Lipinski definition) is 3. The second kappa shape index (κ2) is 2.57. The van der Waals surface area contributed by atoms with Gasteiger partial charge in [0.1, 0.15) is 5.39 Å². The van der Waals surface area contributed by atoms with Crippen molar-refractivity contribution in [3.05, 3.63) is 16.6 Å². The van der Waals surface area contributed by atoms with Crippen molar-refractivity contribution in [3.8, 4) is 0 Å². The first-order valence-corrected chi connectivity index (χ1v) is 4.53. The van der Waals surface area contributed by atoms with E-state index in [2.05, 4.69) is 25.5 Å². The van der Waals surface area contributed by atoms with Crippen LogP contribution < -0.4 is 10.9 Å². The Morgan fingerprint density at radius 1 is 1.50 bits per heavy atom. The Kier molecular flexibility index (Phi) is 1.38. The Labute approximate surface area is 78.8 Å². The van der Waals surface area contributed by atoms with E-state index >= 15 is 0 Å². The van der Waals surface area contributed by atoms with Gasteiger partial charge < -0.3 is 5.32 Å². The molecular formula is C8H9N5O. The predicted molar refractivity (Wildman–Crippen MR) is 51.2 cm³/mol. The van der Waals surface area contributed by atoms with Crippen LogP contribution in [0.5, 0.6) is 0 Å². The number of rotatable bonds is 2. The van der Waals surface area contributed by atoms with Crippen molar-refractivity contribution in [2.45, 2.75) is 18.9 Å². The van der Waals surface area contributed by atoms with Gasteiger partial charge in [-0.05, 0) is 12.8 Å². The molecule has 0 spiro atoms. The maximum absolute atomic E-state index is 11.5. The van der Waals surface area contributed by atoms with Crippen LogP contribution in [0.4, 0.5) is 5.95 Å². The van der Waals surface area contributed by atoms with E-state index in [1.807, 2.05) is 0 Å².